The minimum Gasteiger partial charge on any atom is -0.258 e. The molecule has 5 nitrogen and oxygen atoms in total. The fourth-order valence-electron chi connectivity index (χ4n) is 2.26. The molecule has 0 saturated carbocycles. The zero-order valence-corrected chi connectivity index (χ0v) is 11.5. The second kappa shape index (κ2) is 4.93. The average Bonchev–Trinajstić information content (AvgIpc) is 2.26. The molecule has 98 valence electrons. The van der Waals surface area contributed by atoms with E-state index in [4.69, 9.17) is 11.6 Å². The smallest absolute Gasteiger partial charge is 0.258 e. The Morgan fingerprint density at radius 3 is 2.26 bits per heavy atom. The van der Waals surface area contributed by atoms with Crippen molar-refractivity contribution >= 4 is 17.3 Å². The van der Waals surface area contributed by atoms with Crippen molar-refractivity contribution in [2.75, 3.05) is 0 Å². The molecule has 1 aromatic heterocycles. The predicted molar refractivity (Wildman–Crippen MR) is 73.3 cm³/mol. The molecule has 6 heteroatoms. The first kappa shape index (κ1) is 13.4. The van der Waals surface area contributed by atoms with E-state index in [-0.39, 0.29) is 16.5 Å². The monoisotopic (exact) mass is 277 g/mol. The highest BCUT2D eigenvalue weighted by Gasteiger charge is 2.24. The first-order valence-corrected chi connectivity index (χ1v) is 6.02. The van der Waals surface area contributed by atoms with Crippen LogP contribution in [-0.2, 0) is 0 Å². The summed E-state index contributed by atoms with van der Waals surface area (Å²) in [7, 11) is 0. The van der Waals surface area contributed by atoms with Gasteiger partial charge in [-0.25, -0.2) is 9.97 Å². The molecule has 0 aliphatic carbocycles. The Balaban J connectivity index is 2.80. The van der Waals surface area contributed by atoms with Crippen molar-refractivity contribution in [2.24, 2.45) is 0 Å². The Hall–Kier alpha value is -2.01. The highest BCUT2D eigenvalue weighted by Crippen LogP contribution is 2.36. The van der Waals surface area contributed by atoms with E-state index in [1.54, 1.807) is 0 Å². The number of nitrogens with zero attached hydrogens (tertiary/aromatic N) is 3. The SMILES string of the molecule is Cc1cc(C)c(-c2ncnc(Cl)c2[N+](=O)[O-])c(C)c1. The molecular weight excluding hydrogens is 266 g/mol. The highest BCUT2D eigenvalue weighted by molar-refractivity contribution is 6.31. The van der Waals surface area contributed by atoms with Crippen LogP contribution < -0.4 is 0 Å². The highest BCUT2D eigenvalue weighted by atomic mass is 35.5. The minimum atomic E-state index is -0.545. The van der Waals surface area contributed by atoms with Gasteiger partial charge in [-0.3, -0.25) is 10.1 Å². The van der Waals surface area contributed by atoms with Crippen LogP contribution in [0.4, 0.5) is 5.69 Å². The molecule has 0 radical (unpaired) electrons. The standard InChI is InChI=1S/C13H12ClN3O2/c1-7-4-8(2)10(9(3)5-7)11-12(17(18)19)13(14)16-6-15-11/h4-6H,1-3H3. The van der Waals surface area contributed by atoms with Gasteiger partial charge in [-0.05, 0) is 31.9 Å². The lowest BCUT2D eigenvalue weighted by molar-refractivity contribution is -0.384. The molecule has 0 amide bonds. The molecule has 0 aliphatic heterocycles. The Bertz CT molecular complexity index is 648. The molecule has 0 fully saturated rings. The normalized spacial score (nSPS) is 10.5. The van der Waals surface area contributed by atoms with E-state index in [0.717, 1.165) is 22.3 Å². The van der Waals surface area contributed by atoms with Gasteiger partial charge in [0.05, 0.1) is 4.92 Å². The molecule has 0 bridgehead atoms. The van der Waals surface area contributed by atoms with Crippen molar-refractivity contribution in [3.63, 3.8) is 0 Å². The van der Waals surface area contributed by atoms with Crippen molar-refractivity contribution in [1.29, 1.82) is 0 Å². The molecule has 2 rings (SSSR count). The second-order valence-electron chi connectivity index (χ2n) is 4.39. The number of nitro groups is 1. The maximum atomic E-state index is 11.1. The Labute approximate surface area is 115 Å². The summed E-state index contributed by atoms with van der Waals surface area (Å²) in [6, 6.07) is 3.92. The van der Waals surface area contributed by atoms with E-state index in [1.165, 1.54) is 6.33 Å². The summed E-state index contributed by atoms with van der Waals surface area (Å²) in [6.07, 6.45) is 1.24. The zero-order valence-electron chi connectivity index (χ0n) is 10.8. The molecular formula is C13H12ClN3O2. The van der Waals surface area contributed by atoms with Crippen LogP contribution in [0.3, 0.4) is 0 Å². The molecule has 0 aliphatic rings. The third-order valence-electron chi connectivity index (χ3n) is 2.87. The first-order chi connectivity index (χ1) is 8.91. The van der Waals surface area contributed by atoms with Crippen molar-refractivity contribution in [2.45, 2.75) is 20.8 Å². The molecule has 0 saturated heterocycles. The van der Waals surface area contributed by atoms with Crippen molar-refractivity contribution in [3.8, 4) is 11.3 Å². The Morgan fingerprint density at radius 2 is 1.74 bits per heavy atom. The van der Waals surface area contributed by atoms with Gasteiger partial charge in [-0.1, -0.05) is 29.3 Å². The average molecular weight is 278 g/mol. The van der Waals surface area contributed by atoms with E-state index < -0.39 is 4.92 Å². The molecule has 0 unspecified atom stereocenters. The van der Waals surface area contributed by atoms with Crippen LogP contribution in [0.15, 0.2) is 18.5 Å². The van der Waals surface area contributed by atoms with E-state index in [1.807, 2.05) is 32.9 Å². The van der Waals surface area contributed by atoms with E-state index in [2.05, 4.69) is 9.97 Å². The van der Waals surface area contributed by atoms with Gasteiger partial charge in [0.25, 0.3) is 0 Å². The quantitative estimate of drug-likeness (QED) is 0.477. The van der Waals surface area contributed by atoms with Crippen LogP contribution in [0.5, 0.6) is 0 Å². The first-order valence-electron chi connectivity index (χ1n) is 5.65. The molecule has 0 N–H and O–H groups in total. The molecule has 19 heavy (non-hydrogen) atoms. The largest absolute Gasteiger partial charge is 0.332 e. The lowest BCUT2D eigenvalue weighted by Crippen LogP contribution is -2.00. The van der Waals surface area contributed by atoms with Crippen LogP contribution in [0.25, 0.3) is 11.3 Å². The number of halogens is 1. The second-order valence-corrected chi connectivity index (χ2v) is 4.75. The van der Waals surface area contributed by atoms with E-state index >= 15 is 0 Å². The third-order valence-corrected chi connectivity index (χ3v) is 3.15. The van der Waals surface area contributed by atoms with Crippen molar-refractivity contribution in [1.82, 2.24) is 9.97 Å². The predicted octanol–water partition coefficient (Wildman–Crippen LogP) is 3.63. The Kier molecular flexibility index (Phi) is 3.48. The lowest BCUT2D eigenvalue weighted by Gasteiger charge is -2.11. The zero-order chi connectivity index (χ0) is 14.2. The molecule has 2 aromatic rings. The molecule has 1 aromatic carbocycles. The van der Waals surface area contributed by atoms with Gasteiger partial charge in [0.15, 0.2) is 5.69 Å². The molecule has 1 heterocycles. The van der Waals surface area contributed by atoms with Gasteiger partial charge in [0, 0.05) is 5.56 Å². The summed E-state index contributed by atoms with van der Waals surface area (Å²) in [5.74, 6) is 0. The number of aryl methyl sites for hydroxylation is 3. The van der Waals surface area contributed by atoms with E-state index in [9.17, 15) is 10.1 Å². The van der Waals surface area contributed by atoms with Crippen LogP contribution >= 0.6 is 11.6 Å². The topological polar surface area (TPSA) is 68.9 Å². The van der Waals surface area contributed by atoms with Crippen molar-refractivity contribution < 1.29 is 4.92 Å². The van der Waals surface area contributed by atoms with Gasteiger partial charge < -0.3 is 0 Å². The van der Waals surface area contributed by atoms with E-state index in [0.29, 0.717) is 0 Å². The summed E-state index contributed by atoms with van der Waals surface area (Å²) < 4.78 is 0. The number of rotatable bonds is 2. The van der Waals surface area contributed by atoms with Crippen molar-refractivity contribution in [3.05, 3.63) is 50.4 Å². The summed E-state index contributed by atoms with van der Waals surface area (Å²) >= 11 is 5.82. The summed E-state index contributed by atoms with van der Waals surface area (Å²) in [6.45, 7) is 5.77. The van der Waals surface area contributed by atoms with Crippen LogP contribution in [0.2, 0.25) is 5.15 Å². The number of hydrogen-bond donors (Lipinski definition) is 0. The van der Waals surface area contributed by atoms with Gasteiger partial charge in [0.1, 0.15) is 6.33 Å². The molecule has 0 spiro atoms. The fourth-order valence-corrected chi connectivity index (χ4v) is 2.46. The lowest BCUT2D eigenvalue weighted by atomic mass is 9.96. The van der Waals surface area contributed by atoms with Gasteiger partial charge in [-0.15, -0.1) is 0 Å². The third kappa shape index (κ3) is 2.42. The van der Waals surface area contributed by atoms with Gasteiger partial charge in [0.2, 0.25) is 5.15 Å². The summed E-state index contributed by atoms with van der Waals surface area (Å²) in [5.41, 5.74) is 3.70. The fraction of sp³-hybridized carbons (Fsp3) is 0.231. The molecule has 0 atom stereocenters. The van der Waals surface area contributed by atoms with Crippen LogP contribution in [0, 0.1) is 30.9 Å². The number of hydrogen-bond acceptors (Lipinski definition) is 4. The van der Waals surface area contributed by atoms with Crippen LogP contribution in [-0.4, -0.2) is 14.9 Å². The minimum absolute atomic E-state index is 0.144. The summed E-state index contributed by atoms with van der Waals surface area (Å²) in [4.78, 5) is 18.3. The van der Waals surface area contributed by atoms with Gasteiger partial charge >= 0.3 is 5.69 Å². The maximum absolute atomic E-state index is 11.1. The Morgan fingerprint density at radius 1 is 1.16 bits per heavy atom. The number of aromatic nitrogens is 2. The number of benzene rings is 1. The van der Waals surface area contributed by atoms with Gasteiger partial charge in [-0.2, -0.15) is 0 Å². The van der Waals surface area contributed by atoms with Crippen LogP contribution in [0.1, 0.15) is 16.7 Å². The maximum Gasteiger partial charge on any atom is 0.332 e. The summed E-state index contributed by atoms with van der Waals surface area (Å²) in [5, 5.41) is 11.0.